The Morgan fingerprint density at radius 1 is 1.08 bits per heavy atom. The summed E-state index contributed by atoms with van der Waals surface area (Å²) in [5.74, 6) is -0.0925. The normalized spacial score (nSPS) is 18.0. The lowest BCUT2D eigenvalue weighted by Gasteiger charge is -2.27. The fourth-order valence-corrected chi connectivity index (χ4v) is 4.59. The smallest absolute Gasteiger partial charge is 0.215 e. The summed E-state index contributed by atoms with van der Waals surface area (Å²) in [6, 6.07) is 17.4. The Labute approximate surface area is 148 Å². The molecule has 0 amide bonds. The lowest BCUT2D eigenvalue weighted by atomic mass is 10.2. The van der Waals surface area contributed by atoms with Gasteiger partial charge in [0.05, 0.1) is 5.75 Å². The molecular weight excluding hydrogens is 344 g/mol. The van der Waals surface area contributed by atoms with Crippen LogP contribution in [0.5, 0.6) is 0 Å². The molecule has 1 unspecified atom stereocenters. The van der Waals surface area contributed by atoms with Crippen molar-refractivity contribution in [3.8, 4) is 0 Å². The van der Waals surface area contributed by atoms with Gasteiger partial charge in [-0.15, -0.1) is 0 Å². The molecular formula is C18H21ClN2O2S. The Hall–Kier alpha value is -1.56. The van der Waals surface area contributed by atoms with Gasteiger partial charge in [0.25, 0.3) is 0 Å². The van der Waals surface area contributed by atoms with Gasteiger partial charge in [-0.25, -0.2) is 13.1 Å². The first-order chi connectivity index (χ1) is 11.6. The molecule has 4 nitrogen and oxygen atoms in total. The standard InChI is InChI=1S/C18H21ClN2O2S/c19-18-11-5-4-7-15(18)14-24(22,23)20-13-17-10-6-12-21(17)16-8-2-1-3-9-16/h1-5,7-9,11,17,20H,6,10,12-14H2. The third-order valence-electron chi connectivity index (χ3n) is 4.31. The molecule has 0 spiro atoms. The molecule has 1 N–H and O–H groups in total. The summed E-state index contributed by atoms with van der Waals surface area (Å²) in [7, 11) is -3.41. The zero-order valence-corrected chi connectivity index (χ0v) is 14.9. The molecule has 128 valence electrons. The number of halogens is 1. The van der Waals surface area contributed by atoms with Crippen molar-refractivity contribution in [1.82, 2.24) is 4.72 Å². The topological polar surface area (TPSA) is 49.4 Å². The lowest BCUT2D eigenvalue weighted by molar-refractivity contribution is 0.566. The molecule has 3 rings (SSSR count). The Balaban J connectivity index is 1.63. The van der Waals surface area contributed by atoms with E-state index < -0.39 is 10.0 Å². The SMILES string of the molecule is O=S(=O)(Cc1ccccc1Cl)NCC1CCCN1c1ccccc1. The van der Waals surface area contributed by atoms with Crippen LogP contribution in [0.25, 0.3) is 0 Å². The highest BCUT2D eigenvalue weighted by molar-refractivity contribution is 7.88. The second kappa shape index (κ2) is 7.55. The van der Waals surface area contributed by atoms with E-state index in [4.69, 9.17) is 11.6 Å². The van der Waals surface area contributed by atoms with E-state index in [9.17, 15) is 8.42 Å². The Kier molecular flexibility index (Phi) is 5.43. The Morgan fingerprint density at radius 3 is 2.54 bits per heavy atom. The molecule has 24 heavy (non-hydrogen) atoms. The third-order valence-corrected chi connectivity index (χ3v) is 5.97. The van der Waals surface area contributed by atoms with Crippen molar-refractivity contribution in [2.24, 2.45) is 0 Å². The van der Waals surface area contributed by atoms with Crippen LogP contribution in [-0.4, -0.2) is 27.5 Å². The highest BCUT2D eigenvalue weighted by Gasteiger charge is 2.26. The predicted molar refractivity (Wildman–Crippen MR) is 98.9 cm³/mol. The maximum absolute atomic E-state index is 12.4. The van der Waals surface area contributed by atoms with E-state index in [1.807, 2.05) is 18.2 Å². The van der Waals surface area contributed by atoms with Gasteiger partial charge < -0.3 is 4.90 Å². The minimum atomic E-state index is -3.41. The van der Waals surface area contributed by atoms with Crippen molar-refractivity contribution in [3.05, 3.63) is 65.2 Å². The van der Waals surface area contributed by atoms with Crippen LogP contribution in [0.3, 0.4) is 0 Å². The minimum absolute atomic E-state index is 0.0925. The summed E-state index contributed by atoms with van der Waals surface area (Å²) in [6.45, 7) is 1.38. The first-order valence-corrected chi connectivity index (χ1v) is 10.1. The highest BCUT2D eigenvalue weighted by Crippen LogP contribution is 2.25. The van der Waals surface area contributed by atoms with Crippen LogP contribution in [0.2, 0.25) is 5.02 Å². The van der Waals surface area contributed by atoms with Crippen LogP contribution in [0, 0.1) is 0 Å². The second-order valence-corrected chi connectivity index (χ2v) is 8.24. The lowest BCUT2D eigenvalue weighted by Crippen LogP contribution is -2.40. The summed E-state index contributed by atoms with van der Waals surface area (Å²) in [4.78, 5) is 2.28. The number of hydrogen-bond acceptors (Lipinski definition) is 3. The van der Waals surface area contributed by atoms with Gasteiger partial charge in [-0.2, -0.15) is 0 Å². The zero-order chi connectivity index (χ0) is 17.0. The summed E-state index contributed by atoms with van der Waals surface area (Å²) in [5.41, 5.74) is 1.77. The van der Waals surface area contributed by atoms with Crippen LogP contribution in [0.15, 0.2) is 54.6 Å². The van der Waals surface area contributed by atoms with E-state index in [1.54, 1.807) is 24.3 Å². The molecule has 0 saturated carbocycles. The number of nitrogens with zero attached hydrogens (tertiary/aromatic N) is 1. The van der Waals surface area contributed by atoms with E-state index >= 15 is 0 Å². The van der Waals surface area contributed by atoms with Crippen LogP contribution in [0.1, 0.15) is 18.4 Å². The quantitative estimate of drug-likeness (QED) is 0.854. The molecule has 1 heterocycles. The third kappa shape index (κ3) is 4.29. The van der Waals surface area contributed by atoms with Crippen molar-refractivity contribution in [1.29, 1.82) is 0 Å². The first-order valence-electron chi connectivity index (χ1n) is 8.07. The van der Waals surface area contributed by atoms with Crippen LogP contribution in [0.4, 0.5) is 5.69 Å². The molecule has 0 radical (unpaired) electrons. The number of nitrogens with one attached hydrogen (secondary N) is 1. The van der Waals surface area contributed by atoms with Gasteiger partial charge >= 0.3 is 0 Å². The number of hydrogen-bond donors (Lipinski definition) is 1. The van der Waals surface area contributed by atoms with Gasteiger partial charge in [0.2, 0.25) is 10.0 Å². The molecule has 1 aliphatic rings. The number of benzene rings is 2. The molecule has 2 aromatic rings. The van der Waals surface area contributed by atoms with Crippen LogP contribution in [-0.2, 0) is 15.8 Å². The van der Waals surface area contributed by atoms with E-state index in [0.717, 1.165) is 25.1 Å². The average Bonchev–Trinajstić information content (AvgIpc) is 3.05. The van der Waals surface area contributed by atoms with Crippen molar-refractivity contribution in [3.63, 3.8) is 0 Å². The van der Waals surface area contributed by atoms with Gasteiger partial charge in [0.1, 0.15) is 0 Å². The molecule has 0 aliphatic carbocycles. The predicted octanol–water partition coefficient (Wildman–Crippen LogP) is 3.43. The van der Waals surface area contributed by atoms with Gasteiger partial charge in [0, 0.05) is 29.8 Å². The summed E-state index contributed by atoms with van der Waals surface area (Å²) >= 11 is 6.06. The molecule has 0 bridgehead atoms. The fraction of sp³-hybridized carbons (Fsp3) is 0.333. The number of anilines is 1. The molecule has 0 aromatic heterocycles. The summed E-state index contributed by atoms with van der Waals surface area (Å²) in [5, 5.41) is 0.481. The molecule has 1 saturated heterocycles. The fourth-order valence-electron chi connectivity index (χ4n) is 3.10. The molecule has 6 heteroatoms. The van der Waals surface area contributed by atoms with E-state index in [-0.39, 0.29) is 11.8 Å². The number of rotatable bonds is 6. The first kappa shape index (κ1) is 17.3. The maximum Gasteiger partial charge on any atom is 0.215 e. The highest BCUT2D eigenvalue weighted by atomic mass is 35.5. The van der Waals surface area contributed by atoms with Gasteiger partial charge in [-0.1, -0.05) is 48.0 Å². The van der Waals surface area contributed by atoms with Crippen LogP contribution < -0.4 is 9.62 Å². The molecule has 2 aromatic carbocycles. The molecule has 1 fully saturated rings. The Morgan fingerprint density at radius 2 is 1.79 bits per heavy atom. The number of sulfonamides is 1. The number of para-hydroxylation sites is 1. The second-order valence-electron chi connectivity index (χ2n) is 6.02. The van der Waals surface area contributed by atoms with Crippen molar-refractivity contribution < 1.29 is 8.42 Å². The van der Waals surface area contributed by atoms with Crippen LogP contribution >= 0.6 is 11.6 Å². The van der Waals surface area contributed by atoms with Gasteiger partial charge in [0.15, 0.2) is 0 Å². The van der Waals surface area contributed by atoms with Gasteiger partial charge in [-0.3, -0.25) is 0 Å². The summed E-state index contributed by atoms with van der Waals surface area (Å²) < 4.78 is 27.5. The van der Waals surface area contributed by atoms with Crippen molar-refractivity contribution >= 4 is 27.3 Å². The minimum Gasteiger partial charge on any atom is -0.367 e. The van der Waals surface area contributed by atoms with E-state index in [2.05, 4.69) is 21.8 Å². The van der Waals surface area contributed by atoms with Gasteiger partial charge in [-0.05, 0) is 36.6 Å². The van der Waals surface area contributed by atoms with Crippen molar-refractivity contribution in [2.45, 2.75) is 24.6 Å². The zero-order valence-electron chi connectivity index (χ0n) is 13.4. The molecule has 1 aliphatic heterocycles. The maximum atomic E-state index is 12.4. The van der Waals surface area contributed by atoms with Crippen molar-refractivity contribution in [2.75, 3.05) is 18.0 Å². The largest absolute Gasteiger partial charge is 0.367 e. The van der Waals surface area contributed by atoms with E-state index in [1.165, 1.54) is 0 Å². The Bertz CT molecular complexity index is 781. The molecule has 1 atom stereocenters. The van der Waals surface area contributed by atoms with E-state index in [0.29, 0.717) is 17.1 Å². The monoisotopic (exact) mass is 364 g/mol. The average molecular weight is 365 g/mol. The summed E-state index contributed by atoms with van der Waals surface area (Å²) in [6.07, 6.45) is 2.06.